The van der Waals surface area contributed by atoms with Gasteiger partial charge in [0.25, 0.3) is 10.0 Å². The Morgan fingerprint density at radius 3 is 2.57 bits per heavy atom. The van der Waals surface area contributed by atoms with Gasteiger partial charge >= 0.3 is 0 Å². The summed E-state index contributed by atoms with van der Waals surface area (Å²) in [6.45, 7) is -0.120. The van der Waals surface area contributed by atoms with Crippen LogP contribution in [0.3, 0.4) is 0 Å². The van der Waals surface area contributed by atoms with Gasteiger partial charge in [-0.2, -0.15) is 5.10 Å². The Hall–Kier alpha value is -2.00. The lowest BCUT2D eigenvalue weighted by Gasteiger charge is -2.10. The minimum Gasteiger partial charge on any atom is -0.315 e. The number of rotatable bonds is 5. The number of nitrogens with one attached hydrogen (secondary N) is 2. The molecule has 2 N–H and O–H groups in total. The molecule has 0 saturated heterocycles. The summed E-state index contributed by atoms with van der Waals surface area (Å²) in [4.78, 5) is -0.625. The summed E-state index contributed by atoms with van der Waals surface area (Å²) in [5.41, 5.74) is -0.332. The fourth-order valence-electron chi connectivity index (χ4n) is 1.78. The standard InChI is InChI=1S/C12H14F2N4O2S/c1-15-7-8-9(13)3-4-10(12(8)14)21(19,20)17-11-5-6-18(2)16-11/h3-6,15H,7H2,1-2H3,(H,16,17). The van der Waals surface area contributed by atoms with Crippen molar-refractivity contribution >= 4 is 15.8 Å². The first-order valence-corrected chi connectivity index (χ1v) is 7.47. The molecule has 1 aromatic heterocycles. The third-order valence-electron chi connectivity index (χ3n) is 2.75. The van der Waals surface area contributed by atoms with E-state index in [4.69, 9.17) is 0 Å². The summed E-state index contributed by atoms with van der Waals surface area (Å²) in [5.74, 6) is -1.87. The van der Waals surface area contributed by atoms with Gasteiger partial charge in [0, 0.05) is 31.4 Å². The average Bonchev–Trinajstić information content (AvgIpc) is 2.78. The minimum absolute atomic E-state index is 0.0522. The Morgan fingerprint density at radius 2 is 2.00 bits per heavy atom. The van der Waals surface area contributed by atoms with Crippen LogP contribution in [-0.4, -0.2) is 25.2 Å². The number of aromatic nitrogens is 2. The van der Waals surface area contributed by atoms with Gasteiger partial charge in [-0.05, 0) is 19.2 Å². The fraction of sp³-hybridized carbons (Fsp3) is 0.250. The zero-order valence-corrected chi connectivity index (χ0v) is 12.2. The van der Waals surface area contributed by atoms with Gasteiger partial charge in [0.05, 0.1) is 0 Å². The zero-order chi connectivity index (χ0) is 15.6. The summed E-state index contributed by atoms with van der Waals surface area (Å²) in [7, 11) is -1.06. The van der Waals surface area contributed by atoms with E-state index in [1.54, 1.807) is 7.05 Å². The van der Waals surface area contributed by atoms with Crippen molar-refractivity contribution in [3.05, 3.63) is 41.6 Å². The lowest BCUT2D eigenvalue weighted by Crippen LogP contribution is -2.18. The monoisotopic (exact) mass is 316 g/mol. The van der Waals surface area contributed by atoms with Crippen LogP contribution in [0.5, 0.6) is 0 Å². The maximum absolute atomic E-state index is 14.2. The van der Waals surface area contributed by atoms with E-state index in [1.807, 2.05) is 0 Å². The fourth-order valence-corrected chi connectivity index (χ4v) is 2.89. The second-order valence-electron chi connectivity index (χ2n) is 4.35. The van der Waals surface area contributed by atoms with Gasteiger partial charge < -0.3 is 5.32 Å². The average molecular weight is 316 g/mol. The predicted octanol–water partition coefficient (Wildman–Crippen LogP) is 1.22. The molecule has 0 aliphatic heterocycles. The highest BCUT2D eigenvalue weighted by atomic mass is 32.2. The summed E-state index contributed by atoms with van der Waals surface area (Å²) < 4.78 is 55.6. The van der Waals surface area contributed by atoms with Crippen molar-refractivity contribution < 1.29 is 17.2 Å². The molecule has 0 unspecified atom stereocenters. The van der Waals surface area contributed by atoms with Crippen molar-refractivity contribution in [2.24, 2.45) is 7.05 Å². The molecule has 1 aromatic carbocycles. The molecule has 2 aromatic rings. The van der Waals surface area contributed by atoms with Crippen LogP contribution < -0.4 is 10.0 Å². The van der Waals surface area contributed by atoms with Gasteiger partial charge in [0.2, 0.25) is 0 Å². The zero-order valence-electron chi connectivity index (χ0n) is 11.4. The number of hydrogen-bond acceptors (Lipinski definition) is 4. The van der Waals surface area contributed by atoms with Crippen LogP contribution in [-0.2, 0) is 23.6 Å². The minimum atomic E-state index is -4.18. The lowest BCUT2D eigenvalue weighted by atomic mass is 10.2. The highest BCUT2D eigenvalue weighted by molar-refractivity contribution is 7.92. The Morgan fingerprint density at radius 1 is 1.29 bits per heavy atom. The van der Waals surface area contributed by atoms with Crippen molar-refractivity contribution in [1.82, 2.24) is 15.1 Å². The van der Waals surface area contributed by atoms with Crippen molar-refractivity contribution in [3.8, 4) is 0 Å². The van der Waals surface area contributed by atoms with Gasteiger partial charge in [-0.1, -0.05) is 0 Å². The third-order valence-corrected chi connectivity index (χ3v) is 4.12. The lowest BCUT2D eigenvalue weighted by molar-refractivity contribution is 0.521. The van der Waals surface area contributed by atoms with Gasteiger partial charge in [0.1, 0.15) is 10.7 Å². The second kappa shape index (κ2) is 5.78. The summed E-state index contributed by atoms with van der Waals surface area (Å²) in [6, 6.07) is 3.23. The number of aryl methyl sites for hydroxylation is 1. The van der Waals surface area contributed by atoms with Crippen LogP contribution in [0.2, 0.25) is 0 Å². The van der Waals surface area contributed by atoms with E-state index in [-0.39, 0.29) is 17.9 Å². The molecule has 2 rings (SSSR count). The Labute approximate surface area is 120 Å². The van der Waals surface area contributed by atoms with Crippen molar-refractivity contribution in [2.75, 3.05) is 11.8 Å². The molecular weight excluding hydrogens is 302 g/mol. The smallest absolute Gasteiger partial charge is 0.266 e. The van der Waals surface area contributed by atoms with E-state index < -0.39 is 26.6 Å². The quantitative estimate of drug-likeness (QED) is 0.869. The maximum atomic E-state index is 14.2. The van der Waals surface area contributed by atoms with E-state index in [1.165, 1.54) is 24.0 Å². The molecule has 0 amide bonds. The van der Waals surface area contributed by atoms with E-state index in [0.29, 0.717) is 0 Å². The van der Waals surface area contributed by atoms with Gasteiger partial charge in [-0.25, -0.2) is 17.2 Å². The van der Waals surface area contributed by atoms with Crippen LogP contribution in [0.25, 0.3) is 0 Å². The highest BCUT2D eigenvalue weighted by Crippen LogP contribution is 2.22. The molecule has 0 fully saturated rings. The normalized spacial score (nSPS) is 11.6. The molecule has 0 aliphatic carbocycles. The van der Waals surface area contributed by atoms with Gasteiger partial charge in [0.15, 0.2) is 11.6 Å². The second-order valence-corrected chi connectivity index (χ2v) is 6.00. The van der Waals surface area contributed by atoms with Gasteiger partial charge in [-0.3, -0.25) is 9.40 Å². The molecule has 0 radical (unpaired) electrons. The van der Waals surface area contributed by atoms with E-state index in [2.05, 4.69) is 15.1 Å². The van der Waals surface area contributed by atoms with E-state index in [0.717, 1.165) is 12.1 Å². The number of hydrogen-bond donors (Lipinski definition) is 2. The Balaban J connectivity index is 2.42. The summed E-state index contributed by atoms with van der Waals surface area (Å²) >= 11 is 0. The number of anilines is 1. The maximum Gasteiger partial charge on any atom is 0.266 e. The summed E-state index contributed by atoms with van der Waals surface area (Å²) in [6.07, 6.45) is 1.53. The molecule has 6 nitrogen and oxygen atoms in total. The van der Waals surface area contributed by atoms with Crippen molar-refractivity contribution in [1.29, 1.82) is 0 Å². The molecule has 9 heteroatoms. The highest BCUT2D eigenvalue weighted by Gasteiger charge is 2.24. The van der Waals surface area contributed by atoms with Crippen molar-refractivity contribution in [3.63, 3.8) is 0 Å². The van der Waals surface area contributed by atoms with Crippen LogP contribution >= 0.6 is 0 Å². The molecule has 0 bridgehead atoms. The largest absolute Gasteiger partial charge is 0.315 e. The van der Waals surface area contributed by atoms with Crippen LogP contribution in [0, 0.1) is 11.6 Å². The molecule has 0 aliphatic rings. The molecular formula is C12H14F2N4O2S. The van der Waals surface area contributed by atoms with Crippen LogP contribution in [0.15, 0.2) is 29.3 Å². The Kier molecular flexibility index (Phi) is 4.24. The van der Waals surface area contributed by atoms with Gasteiger partial charge in [-0.15, -0.1) is 0 Å². The van der Waals surface area contributed by atoms with E-state index in [9.17, 15) is 17.2 Å². The van der Waals surface area contributed by atoms with E-state index >= 15 is 0 Å². The van der Waals surface area contributed by atoms with Crippen LogP contribution in [0.1, 0.15) is 5.56 Å². The number of benzene rings is 1. The topological polar surface area (TPSA) is 76.0 Å². The number of nitrogens with zero attached hydrogens (tertiary/aromatic N) is 2. The third kappa shape index (κ3) is 3.19. The SMILES string of the molecule is CNCc1c(F)ccc(S(=O)(=O)Nc2ccn(C)n2)c1F. The molecule has 21 heavy (non-hydrogen) atoms. The first-order chi connectivity index (χ1) is 9.85. The molecule has 114 valence electrons. The predicted molar refractivity (Wildman–Crippen MR) is 73.1 cm³/mol. The van der Waals surface area contributed by atoms with Crippen molar-refractivity contribution in [2.45, 2.75) is 11.4 Å². The summed E-state index contributed by atoms with van der Waals surface area (Å²) in [5, 5.41) is 6.43. The molecule has 0 spiro atoms. The number of halogens is 2. The number of sulfonamides is 1. The first-order valence-electron chi connectivity index (χ1n) is 5.99. The molecule has 0 atom stereocenters. The Bertz CT molecular complexity index is 759. The van der Waals surface area contributed by atoms with Crippen LogP contribution in [0.4, 0.5) is 14.6 Å². The molecule has 0 saturated carbocycles. The molecule has 1 heterocycles. The first kappa shape index (κ1) is 15.4.